The van der Waals surface area contributed by atoms with Crippen molar-refractivity contribution in [2.45, 2.75) is 44.2 Å². The lowest BCUT2D eigenvalue weighted by atomic mass is 10.1. The molecule has 2 amide bonds. The van der Waals surface area contributed by atoms with E-state index in [1.807, 2.05) is 34.2 Å². The molecule has 0 radical (unpaired) electrons. The Morgan fingerprint density at radius 1 is 1.14 bits per heavy atom. The minimum Gasteiger partial charge on any atom is -0.391 e. The fourth-order valence-corrected chi connectivity index (χ4v) is 4.57. The second kappa shape index (κ2) is 7.27. The molecule has 8 heteroatoms. The third-order valence-corrected chi connectivity index (χ3v) is 6.53. The Hall–Kier alpha value is -2.71. The Kier molecular flexibility index (Phi) is 4.60. The molecule has 0 aromatic carbocycles. The van der Waals surface area contributed by atoms with E-state index in [1.165, 1.54) is 11.3 Å². The molecule has 150 valence electrons. The van der Waals surface area contributed by atoms with Crippen LogP contribution in [0.5, 0.6) is 0 Å². The van der Waals surface area contributed by atoms with Crippen LogP contribution >= 0.6 is 11.3 Å². The summed E-state index contributed by atoms with van der Waals surface area (Å²) in [6.45, 7) is 0. The zero-order valence-corrected chi connectivity index (χ0v) is 16.6. The van der Waals surface area contributed by atoms with Gasteiger partial charge in [-0.1, -0.05) is 0 Å². The summed E-state index contributed by atoms with van der Waals surface area (Å²) in [6, 6.07) is 5.57. The molecule has 3 aromatic rings. The predicted octanol–water partition coefficient (Wildman–Crippen LogP) is 3.05. The summed E-state index contributed by atoms with van der Waals surface area (Å²) < 4.78 is 1.88. The van der Waals surface area contributed by atoms with Gasteiger partial charge in [0.05, 0.1) is 23.2 Å². The molecule has 2 unspecified atom stereocenters. The van der Waals surface area contributed by atoms with Crippen LogP contribution in [-0.4, -0.2) is 38.5 Å². The maximum absolute atomic E-state index is 12.5. The highest BCUT2D eigenvalue weighted by Crippen LogP contribution is 2.30. The molecule has 2 aliphatic rings. The normalized spacial score (nSPS) is 21.4. The number of pyridine rings is 1. The molecule has 0 aliphatic heterocycles. The van der Waals surface area contributed by atoms with Crippen LogP contribution in [0.3, 0.4) is 0 Å². The predicted molar refractivity (Wildman–Crippen MR) is 111 cm³/mol. The number of hydrogen-bond acceptors (Lipinski definition) is 5. The number of amides is 2. The van der Waals surface area contributed by atoms with Crippen molar-refractivity contribution < 1.29 is 14.7 Å². The first kappa shape index (κ1) is 18.3. The number of aliphatic hydroxyl groups is 1. The van der Waals surface area contributed by atoms with Crippen molar-refractivity contribution in [2.75, 3.05) is 5.32 Å². The van der Waals surface area contributed by atoms with E-state index in [2.05, 4.69) is 15.6 Å². The first-order chi connectivity index (χ1) is 14.1. The second-order valence-corrected chi connectivity index (χ2v) is 8.76. The van der Waals surface area contributed by atoms with Crippen molar-refractivity contribution >= 4 is 34.6 Å². The van der Waals surface area contributed by atoms with E-state index in [9.17, 15) is 14.7 Å². The molecule has 7 nitrogen and oxygen atoms in total. The number of carbonyl (C=O) groups excluding carboxylic acids is 2. The van der Waals surface area contributed by atoms with Gasteiger partial charge in [-0.25, -0.2) is 4.98 Å². The molecule has 3 N–H and O–H groups in total. The third kappa shape index (κ3) is 3.77. The first-order valence-corrected chi connectivity index (χ1v) is 10.8. The van der Waals surface area contributed by atoms with Gasteiger partial charge in [0.1, 0.15) is 5.65 Å². The maximum Gasteiger partial charge on any atom is 0.261 e. The summed E-state index contributed by atoms with van der Waals surface area (Å²) in [6.07, 6.45) is 7.72. The molecule has 3 aromatic heterocycles. The molecular formula is C21H22N4O3S. The van der Waals surface area contributed by atoms with Gasteiger partial charge in [-0.05, 0) is 66.8 Å². The molecular weight excluding hydrogens is 388 g/mol. The number of rotatable bonds is 5. The molecule has 3 heterocycles. The van der Waals surface area contributed by atoms with Crippen molar-refractivity contribution in [3.05, 3.63) is 40.8 Å². The molecule has 2 atom stereocenters. The number of imidazole rings is 1. The van der Waals surface area contributed by atoms with Gasteiger partial charge < -0.3 is 20.1 Å². The van der Waals surface area contributed by atoms with Crippen LogP contribution in [0, 0.1) is 5.92 Å². The minimum atomic E-state index is -0.448. The Balaban J connectivity index is 1.32. The molecule has 2 fully saturated rings. The summed E-state index contributed by atoms with van der Waals surface area (Å²) >= 11 is 1.39. The lowest BCUT2D eigenvalue weighted by molar-refractivity contribution is -0.117. The summed E-state index contributed by atoms with van der Waals surface area (Å²) in [5.41, 5.74) is 2.67. The number of carbonyl (C=O) groups is 2. The standard InChI is InChI=1S/C21H22N4O3S/c26-16-3-1-2-15(16)22-21(28)17-8-14(11-29-17)13-6-7-19-23-18(10-25(19)9-13)24-20(27)12-4-5-12/h6-12,15-16,26H,1-5H2,(H,22,28)(H,24,27). The SMILES string of the molecule is O=C(NC1CCCC1O)c1cc(-c2ccc3nc(NC(=O)C4CC4)cn3c2)cs1. The van der Waals surface area contributed by atoms with Gasteiger partial charge >= 0.3 is 0 Å². The summed E-state index contributed by atoms with van der Waals surface area (Å²) in [4.78, 5) is 29.5. The average Bonchev–Trinajstić information content (AvgIpc) is 3.10. The van der Waals surface area contributed by atoms with E-state index in [0.717, 1.165) is 48.9 Å². The Morgan fingerprint density at radius 3 is 2.76 bits per heavy atom. The number of thiophene rings is 1. The number of nitrogens with one attached hydrogen (secondary N) is 2. The van der Waals surface area contributed by atoms with Crippen molar-refractivity contribution in [3.63, 3.8) is 0 Å². The molecule has 0 bridgehead atoms. The number of aromatic nitrogens is 2. The fraction of sp³-hybridized carbons (Fsp3) is 0.381. The van der Waals surface area contributed by atoms with Crippen LogP contribution in [-0.2, 0) is 4.79 Å². The monoisotopic (exact) mass is 410 g/mol. The highest BCUT2D eigenvalue weighted by molar-refractivity contribution is 7.12. The summed E-state index contributed by atoms with van der Waals surface area (Å²) in [5, 5.41) is 17.7. The number of hydrogen-bond donors (Lipinski definition) is 3. The number of aliphatic hydroxyl groups excluding tert-OH is 1. The topological polar surface area (TPSA) is 95.7 Å². The zero-order chi connectivity index (χ0) is 20.0. The van der Waals surface area contributed by atoms with Gasteiger partial charge in [-0.15, -0.1) is 11.3 Å². The summed E-state index contributed by atoms with van der Waals surface area (Å²) in [5.74, 6) is 0.589. The first-order valence-electron chi connectivity index (χ1n) is 9.94. The van der Waals surface area contributed by atoms with Crippen LogP contribution in [0.2, 0.25) is 0 Å². The highest BCUT2D eigenvalue weighted by atomic mass is 32.1. The van der Waals surface area contributed by atoms with E-state index in [1.54, 1.807) is 6.20 Å². The Bertz CT molecular complexity index is 1080. The molecule has 29 heavy (non-hydrogen) atoms. The van der Waals surface area contributed by atoms with Crippen molar-refractivity contribution in [1.29, 1.82) is 0 Å². The van der Waals surface area contributed by atoms with Gasteiger partial charge in [0, 0.05) is 12.1 Å². The largest absolute Gasteiger partial charge is 0.391 e. The smallest absolute Gasteiger partial charge is 0.261 e. The molecule has 0 spiro atoms. The quantitative estimate of drug-likeness (QED) is 0.602. The molecule has 2 aliphatic carbocycles. The maximum atomic E-state index is 12.5. The van der Waals surface area contributed by atoms with Crippen LogP contribution in [0.25, 0.3) is 16.8 Å². The van der Waals surface area contributed by atoms with E-state index < -0.39 is 6.10 Å². The molecule has 5 rings (SSSR count). The van der Waals surface area contributed by atoms with Gasteiger partial charge in [0.2, 0.25) is 5.91 Å². The molecule has 0 saturated heterocycles. The number of nitrogens with zero attached hydrogens (tertiary/aromatic N) is 2. The average molecular weight is 410 g/mol. The zero-order valence-electron chi connectivity index (χ0n) is 15.8. The Morgan fingerprint density at radius 2 is 2.00 bits per heavy atom. The van der Waals surface area contributed by atoms with Gasteiger partial charge in [-0.2, -0.15) is 0 Å². The van der Waals surface area contributed by atoms with E-state index >= 15 is 0 Å². The van der Waals surface area contributed by atoms with Crippen LogP contribution < -0.4 is 10.6 Å². The van der Waals surface area contributed by atoms with Crippen molar-refractivity contribution in [1.82, 2.24) is 14.7 Å². The second-order valence-electron chi connectivity index (χ2n) is 7.85. The van der Waals surface area contributed by atoms with Crippen LogP contribution in [0.4, 0.5) is 5.82 Å². The van der Waals surface area contributed by atoms with Gasteiger partial charge in [-0.3, -0.25) is 9.59 Å². The highest BCUT2D eigenvalue weighted by Gasteiger charge is 2.30. The Labute approximate surface area is 171 Å². The molecule has 2 saturated carbocycles. The van der Waals surface area contributed by atoms with Crippen molar-refractivity contribution in [3.8, 4) is 11.1 Å². The van der Waals surface area contributed by atoms with E-state index in [0.29, 0.717) is 10.7 Å². The minimum absolute atomic E-state index is 0.0366. The van der Waals surface area contributed by atoms with Crippen LogP contribution in [0.1, 0.15) is 41.8 Å². The van der Waals surface area contributed by atoms with Crippen LogP contribution in [0.15, 0.2) is 36.0 Å². The lowest BCUT2D eigenvalue weighted by Crippen LogP contribution is -2.39. The lowest BCUT2D eigenvalue weighted by Gasteiger charge is -2.15. The fourth-order valence-electron chi connectivity index (χ4n) is 3.75. The van der Waals surface area contributed by atoms with Gasteiger partial charge in [0.25, 0.3) is 5.91 Å². The van der Waals surface area contributed by atoms with E-state index in [4.69, 9.17) is 0 Å². The van der Waals surface area contributed by atoms with Gasteiger partial charge in [0.15, 0.2) is 5.82 Å². The number of anilines is 1. The third-order valence-electron chi connectivity index (χ3n) is 5.60. The summed E-state index contributed by atoms with van der Waals surface area (Å²) in [7, 11) is 0. The van der Waals surface area contributed by atoms with Crippen molar-refractivity contribution in [2.24, 2.45) is 5.92 Å². The number of fused-ring (bicyclic) bond motifs is 1. The van der Waals surface area contributed by atoms with E-state index in [-0.39, 0.29) is 23.8 Å².